The van der Waals surface area contributed by atoms with Gasteiger partial charge in [-0.2, -0.15) is 5.06 Å². The Morgan fingerprint density at radius 3 is 2.02 bits per heavy atom. The number of nitrogens with one attached hydrogen (secondary N) is 1. The summed E-state index contributed by atoms with van der Waals surface area (Å²) in [4.78, 5) is 36.5. The second-order valence-electron chi connectivity index (χ2n) is 13.6. The zero-order chi connectivity index (χ0) is 36.0. The molecule has 1 aromatic heterocycles. The molecule has 1 aromatic rings. The predicted molar refractivity (Wildman–Crippen MR) is 196 cm³/mol. The van der Waals surface area contributed by atoms with Gasteiger partial charge >= 0.3 is 5.69 Å². The average Bonchev–Trinajstić information content (AvgIpc) is 3.40. The monoisotopic (exact) mass is 711 g/mol. The maximum absolute atomic E-state index is 12.8. The Kier molecular flexibility index (Phi) is 22.5. The van der Waals surface area contributed by atoms with E-state index in [1.165, 1.54) is 93.9 Å². The standard InChI is InChI=1S/C36H66N5O7P/c1-9-10-11-12-13-14-15-16-17-18-19-20-21-22-25-39(7)45-28-31-33(48-49(46-27-24-37-6)41(29(2)3)30(4)5)34(44-8)35(47-31)40-26-23-32(42)38-36(40)43/h23,26,29-31,33-35H,9-22,24-25,27-28H2,1-5,7-8H3,(H,38,42,43)/t31-,33?,34+,35-,49?/m1/s1. The number of ether oxygens (including phenoxy) is 2. The molecule has 1 fully saturated rings. The van der Waals surface area contributed by atoms with Crippen LogP contribution >= 0.6 is 8.53 Å². The van der Waals surface area contributed by atoms with Gasteiger partial charge in [-0.05, 0) is 34.1 Å². The van der Waals surface area contributed by atoms with Crippen LogP contribution in [0.2, 0.25) is 0 Å². The van der Waals surface area contributed by atoms with Gasteiger partial charge in [-0.1, -0.05) is 90.4 Å². The van der Waals surface area contributed by atoms with E-state index in [4.69, 9.17) is 29.9 Å². The van der Waals surface area contributed by atoms with Crippen LogP contribution in [0.15, 0.2) is 21.9 Å². The van der Waals surface area contributed by atoms with Crippen LogP contribution in [-0.4, -0.2) is 90.1 Å². The van der Waals surface area contributed by atoms with E-state index in [2.05, 4.69) is 49.1 Å². The van der Waals surface area contributed by atoms with Gasteiger partial charge in [0.15, 0.2) is 6.23 Å². The van der Waals surface area contributed by atoms with Crippen molar-refractivity contribution in [1.29, 1.82) is 0 Å². The van der Waals surface area contributed by atoms with Gasteiger partial charge in [0.25, 0.3) is 14.1 Å². The van der Waals surface area contributed by atoms with Crippen molar-refractivity contribution in [3.8, 4) is 0 Å². The molecule has 1 aliphatic heterocycles. The molecule has 0 bridgehead atoms. The summed E-state index contributed by atoms with van der Waals surface area (Å²) in [5, 5.41) is 1.84. The van der Waals surface area contributed by atoms with Crippen LogP contribution < -0.4 is 11.2 Å². The first-order valence-electron chi connectivity index (χ1n) is 18.7. The molecule has 2 unspecified atom stereocenters. The Labute approximate surface area is 296 Å². The molecule has 1 saturated heterocycles. The van der Waals surface area contributed by atoms with Crippen molar-refractivity contribution < 1.29 is 23.4 Å². The van der Waals surface area contributed by atoms with Gasteiger partial charge in [0.2, 0.25) is 6.54 Å². The van der Waals surface area contributed by atoms with E-state index < -0.39 is 44.3 Å². The highest BCUT2D eigenvalue weighted by atomic mass is 31.2. The van der Waals surface area contributed by atoms with Gasteiger partial charge in [0.1, 0.15) is 24.9 Å². The molecule has 2 heterocycles. The molecule has 1 N–H and O–H groups in total. The van der Waals surface area contributed by atoms with Gasteiger partial charge < -0.3 is 23.4 Å². The Hall–Kier alpha value is -1.68. The molecule has 1 aliphatic rings. The Morgan fingerprint density at radius 2 is 1.51 bits per heavy atom. The first kappa shape index (κ1) is 43.5. The fourth-order valence-corrected chi connectivity index (χ4v) is 8.02. The van der Waals surface area contributed by atoms with Gasteiger partial charge in [0.05, 0.1) is 6.61 Å². The number of methoxy groups -OCH3 is 1. The minimum atomic E-state index is -1.62. The number of aromatic nitrogens is 2. The fourth-order valence-electron chi connectivity index (χ4n) is 6.26. The number of hydroxylamine groups is 2. The van der Waals surface area contributed by atoms with Crippen LogP contribution in [0, 0.1) is 6.57 Å². The lowest BCUT2D eigenvalue weighted by Crippen LogP contribution is -2.42. The maximum atomic E-state index is 12.8. The Morgan fingerprint density at radius 1 is 0.939 bits per heavy atom. The number of nitrogens with zero attached hydrogens (tertiary/aromatic N) is 4. The molecule has 5 atom stereocenters. The Balaban J connectivity index is 1.96. The van der Waals surface area contributed by atoms with Gasteiger partial charge in [0, 0.05) is 45.0 Å². The van der Waals surface area contributed by atoms with Crippen LogP contribution in [0.25, 0.3) is 4.85 Å². The minimum absolute atomic E-state index is 0.103. The highest BCUT2D eigenvalue weighted by Crippen LogP contribution is 2.50. The first-order valence-corrected chi connectivity index (χ1v) is 19.8. The molecule has 12 nitrogen and oxygen atoms in total. The molecule has 13 heteroatoms. The topological polar surface area (TPSA) is 112 Å². The summed E-state index contributed by atoms with van der Waals surface area (Å²) in [6, 6.07) is 1.48. The third-order valence-electron chi connectivity index (χ3n) is 8.83. The summed E-state index contributed by atoms with van der Waals surface area (Å²) < 4.78 is 28.7. The highest BCUT2D eigenvalue weighted by molar-refractivity contribution is 7.44. The van der Waals surface area contributed by atoms with Crippen LogP contribution in [0.1, 0.15) is 131 Å². The summed E-state index contributed by atoms with van der Waals surface area (Å²) in [7, 11) is 1.85. The third kappa shape index (κ3) is 16.0. The van der Waals surface area contributed by atoms with E-state index in [9.17, 15) is 9.59 Å². The van der Waals surface area contributed by atoms with Crippen molar-refractivity contribution in [2.24, 2.45) is 0 Å². The zero-order valence-corrected chi connectivity index (χ0v) is 32.3. The molecule has 282 valence electrons. The van der Waals surface area contributed by atoms with Crippen LogP contribution in [-0.2, 0) is 23.4 Å². The number of hydrogen-bond donors (Lipinski definition) is 1. The second-order valence-corrected chi connectivity index (χ2v) is 15.0. The van der Waals surface area contributed by atoms with Gasteiger partial charge in [-0.3, -0.25) is 19.2 Å². The summed E-state index contributed by atoms with van der Waals surface area (Å²) in [5.74, 6) is 0. The summed E-state index contributed by atoms with van der Waals surface area (Å²) in [6.07, 6.45) is 17.0. The van der Waals surface area contributed by atoms with E-state index in [0.29, 0.717) is 0 Å². The average molecular weight is 712 g/mol. The molecular weight excluding hydrogens is 645 g/mol. The summed E-state index contributed by atoms with van der Waals surface area (Å²) in [5.41, 5.74) is -1.09. The van der Waals surface area contributed by atoms with Crippen molar-refractivity contribution in [3.63, 3.8) is 0 Å². The quantitative estimate of drug-likeness (QED) is 0.0410. The van der Waals surface area contributed by atoms with Crippen LogP contribution in [0.4, 0.5) is 0 Å². The smallest absolute Gasteiger partial charge is 0.330 e. The van der Waals surface area contributed by atoms with Crippen molar-refractivity contribution in [1.82, 2.24) is 19.3 Å². The normalized spacial score (nSPS) is 20.2. The van der Waals surface area contributed by atoms with E-state index >= 15 is 0 Å². The molecule has 0 amide bonds. The Bertz CT molecular complexity index is 1150. The largest absolute Gasteiger partial charge is 0.374 e. The van der Waals surface area contributed by atoms with E-state index in [1.54, 1.807) is 7.11 Å². The number of rotatable bonds is 28. The lowest BCUT2D eigenvalue weighted by Gasteiger charge is -2.38. The van der Waals surface area contributed by atoms with Crippen molar-refractivity contribution >= 4 is 8.53 Å². The molecule has 0 saturated carbocycles. The van der Waals surface area contributed by atoms with E-state index in [-0.39, 0.29) is 31.8 Å². The lowest BCUT2D eigenvalue weighted by molar-refractivity contribution is -0.178. The zero-order valence-electron chi connectivity index (χ0n) is 31.4. The SMILES string of the molecule is [C-]#[N+]CCOP(OC1[C@@H](CON(C)CCCCCCCCCCCCCCCC)O[C@@H](n2ccc(=O)[nH]c2=O)[C@H]1OC)N(C(C)C)C(C)C. The van der Waals surface area contributed by atoms with Gasteiger partial charge in [-0.25, -0.2) is 16.0 Å². The van der Waals surface area contributed by atoms with Crippen molar-refractivity contribution in [3.05, 3.63) is 44.5 Å². The first-order chi connectivity index (χ1) is 23.6. The predicted octanol–water partition coefficient (Wildman–Crippen LogP) is 7.46. The van der Waals surface area contributed by atoms with E-state index in [0.717, 1.165) is 19.4 Å². The van der Waals surface area contributed by atoms with Crippen molar-refractivity contribution in [2.75, 3.05) is 40.5 Å². The van der Waals surface area contributed by atoms with Crippen LogP contribution in [0.3, 0.4) is 0 Å². The minimum Gasteiger partial charge on any atom is -0.374 e. The number of unbranched alkanes of at least 4 members (excludes halogenated alkanes) is 13. The maximum Gasteiger partial charge on any atom is 0.330 e. The van der Waals surface area contributed by atoms with E-state index in [1.807, 2.05) is 12.1 Å². The van der Waals surface area contributed by atoms with Gasteiger partial charge in [-0.15, -0.1) is 0 Å². The number of H-pyrrole nitrogens is 1. The number of aromatic amines is 1. The molecular formula is C36H66N5O7P. The molecule has 0 aromatic carbocycles. The molecule has 2 rings (SSSR count). The third-order valence-corrected chi connectivity index (χ3v) is 11.0. The fraction of sp³-hybridized carbons (Fsp3) is 0.861. The number of hydrogen-bond acceptors (Lipinski definition) is 9. The van der Waals surface area contributed by atoms with Crippen molar-refractivity contribution in [2.45, 2.75) is 161 Å². The molecule has 0 spiro atoms. The highest BCUT2D eigenvalue weighted by Gasteiger charge is 2.50. The second kappa shape index (κ2) is 25.3. The molecule has 0 aliphatic carbocycles. The summed E-state index contributed by atoms with van der Waals surface area (Å²) >= 11 is 0. The molecule has 49 heavy (non-hydrogen) atoms. The summed E-state index contributed by atoms with van der Waals surface area (Å²) in [6.45, 7) is 19.2. The van der Waals surface area contributed by atoms with Crippen LogP contribution in [0.5, 0.6) is 0 Å². The molecule has 0 radical (unpaired) electrons. The lowest BCUT2D eigenvalue weighted by atomic mass is 10.0.